The minimum absolute atomic E-state index is 0. The highest BCUT2D eigenvalue weighted by Crippen LogP contribution is 2.05. The standard InChI is InChI=1S/C14H26N4O3.2ClH/c1-15-3-2-13(19)17-6-4-16(5-7-17)12-14(20)18-8-10-21-11-9-18;;/h15H,2-12H2,1H3;2*1H. The van der Waals surface area contributed by atoms with Crippen molar-refractivity contribution in [2.24, 2.45) is 0 Å². The van der Waals surface area contributed by atoms with Crippen LogP contribution in [0.1, 0.15) is 6.42 Å². The molecule has 2 rings (SSSR count). The van der Waals surface area contributed by atoms with Crippen LogP contribution in [0.4, 0.5) is 0 Å². The number of carbonyl (C=O) groups is 2. The normalized spacial score (nSPS) is 18.8. The van der Waals surface area contributed by atoms with Gasteiger partial charge in [0.2, 0.25) is 11.8 Å². The quantitative estimate of drug-likeness (QED) is 0.702. The van der Waals surface area contributed by atoms with E-state index in [-0.39, 0.29) is 36.6 Å². The molecule has 0 spiro atoms. The molecule has 0 aromatic rings. The second-order valence-electron chi connectivity index (χ2n) is 5.50. The third-order valence-corrected chi connectivity index (χ3v) is 4.04. The molecule has 2 fully saturated rings. The molecule has 1 N–H and O–H groups in total. The van der Waals surface area contributed by atoms with Gasteiger partial charge in [0, 0.05) is 52.2 Å². The Balaban J connectivity index is 0.00000242. The molecule has 136 valence electrons. The molecular weight excluding hydrogens is 343 g/mol. The zero-order valence-corrected chi connectivity index (χ0v) is 15.3. The molecule has 2 aliphatic heterocycles. The van der Waals surface area contributed by atoms with Crippen LogP contribution in [-0.2, 0) is 14.3 Å². The van der Waals surface area contributed by atoms with Crippen molar-refractivity contribution in [2.45, 2.75) is 6.42 Å². The van der Waals surface area contributed by atoms with Crippen LogP contribution < -0.4 is 5.32 Å². The Labute approximate surface area is 150 Å². The van der Waals surface area contributed by atoms with Crippen molar-refractivity contribution < 1.29 is 14.3 Å². The minimum atomic E-state index is 0. The van der Waals surface area contributed by atoms with Gasteiger partial charge in [-0.15, -0.1) is 24.8 Å². The van der Waals surface area contributed by atoms with E-state index in [0.717, 1.165) is 26.2 Å². The number of amides is 2. The maximum atomic E-state index is 12.2. The smallest absolute Gasteiger partial charge is 0.236 e. The monoisotopic (exact) mass is 370 g/mol. The fraction of sp³-hybridized carbons (Fsp3) is 0.857. The molecule has 0 radical (unpaired) electrons. The fourth-order valence-electron chi connectivity index (χ4n) is 2.65. The molecule has 2 heterocycles. The molecule has 7 nitrogen and oxygen atoms in total. The van der Waals surface area contributed by atoms with E-state index < -0.39 is 0 Å². The predicted molar refractivity (Wildman–Crippen MR) is 93.5 cm³/mol. The first kappa shape index (κ1) is 22.4. The molecule has 23 heavy (non-hydrogen) atoms. The highest BCUT2D eigenvalue weighted by atomic mass is 35.5. The zero-order valence-electron chi connectivity index (χ0n) is 13.7. The maximum absolute atomic E-state index is 12.2. The summed E-state index contributed by atoms with van der Waals surface area (Å²) in [5.74, 6) is 0.372. The second-order valence-corrected chi connectivity index (χ2v) is 5.50. The van der Waals surface area contributed by atoms with Gasteiger partial charge in [-0.2, -0.15) is 0 Å². The van der Waals surface area contributed by atoms with Crippen LogP contribution in [0, 0.1) is 0 Å². The lowest BCUT2D eigenvalue weighted by atomic mass is 10.2. The first-order chi connectivity index (χ1) is 10.2. The Morgan fingerprint density at radius 1 is 0.913 bits per heavy atom. The van der Waals surface area contributed by atoms with E-state index in [1.54, 1.807) is 0 Å². The lowest BCUT2D eigenvalue weighted by molar-refractivity contribution is -0.137. The van der Waals surface area contributed by atoms with Crippen molar-refractivity contribution in [1.82, 2.24) is 20.0 Å². The van der Waals surface area contributed by atoms with E-state index in [2.05, 4.69) is 10.2 Å². The van der Waals surface area contributed by atoms with Crippen molar-refractivity contribution in [3.63, 3.8) is 0 Å². The third-order valence-electron chi connectivity index (χ3n) is 4.04. The summed E-state index contributed by atoms with van der Waals surface area (Å²) in [6.07, 6.45) is 0.545. The van der Waals surface area contributed by atoms with Gasteiger partial charge in [-0.3, -0.25) is 14.5 Å². The highest BCUT2D eigenvalue weighted by molar-refractivity contribution is 5.85. The van der Waals surface area contributed by atoms with Crippen molar-refractivity contribution in [2.75, 3.05) is 72.6 Å². The Bertz CT molecular complexity index is 360. The Hall–Kier alpha value is -0.600. The van der Waals surface area contributed by atoms with Gasteiger partial charge >= 0.3 is 0 Å². The number of nitrogens with zero attached hydrogens (tertiary/aromatic N) is 3. The molecule has 0 saturated carbocycles. The van der Waals surface area contributed by atoms with E-state index in [4.69, 9.17) is 4.74 Å². The van der Waals surface area contributed by atoms with E-state index in [0.29, 0.717) is 45.8 Å². The molecular formula is C14H28Cl2N4O3. The summed E-state index contributed by atoms with van der Waals surface area (Å²) in [5, 5.41) is 2.99. The van der Waals surface area contributed by atoms with Crippen molar-refractivity contribution in [3.05, 3.63) is 0 Å². The first-order valence-electron chi connectivity index (χ1n) is 7.71. The molecule has 2 saturated heterocycles. The van der Waals surface area contributed by atoms with Gasteiger partial charge in [-0.25, -0.2) is 0 Å². The molecule has 2 aliphatic rings. The number of ether oxygens (including phenoxy) is 1. The maximum Gasteiger partial charge on any atom is 0.236 e. The van der Waals surface area contributed by atoms with Crippen LogP contribution in [0.3, 0.4) is 0 Å². The minimum Gasteiger partial charge on any atom is -0.378 e. The number of hydrogen-bond acceptors (Lipinski definition) is 5. The van der Waals surface area contributed by atoms with Crippen LogP contribution in [0.15, 0.2) is 0 Å². The largest absolute Gasteiger partial charge is 0.378 e. The van der Waals surface area contributed by atoms with E-state index in [1.165, 1.54) is 0 Å². The molecule has 2 amide bonds. The number of hydrogen-bond donors (Lipinski definition) is 1. The van der Waals surface area contributed by atoms with E-state index >= 15 is 0 Å². The Morgan fingerprint density at radius 3 is 2.04 bits per heavy atom. The van der Waals surface area contributed by atoms with Crippen LogP contribution in [-0.4, -0.2) is 99.1 Å². The second kappa shape index (κ2) is 11.9. The van der Waals surface area contributed by atoms with Gasteiger partial charge in [-0.05, 0) is 7.05 Å². The SMILES string of the molecule is CNCCC(=O)N1CCN(CC(=O)N2CCOCC2)CC1.Cl.Cl. The summed E-state index contributed by atoms with van der Waals surface area (Å²) in [4.78, 5) is 30.0. The molecule has 0 unspecified atom stereocenters. The summed E-state index contributed by atoms with van der Waals surface area (Å²) in [5.41, 5.74) is 0. The Morgan fingerprint density at radius 2 is 1.48 bits per heavy atom. The summed E-state index contributed by atoms with van der Waals surface area (Å²) in [7, 11) is 1.85. The van der Waals surface area contributed by atoms with Crippen LogP contribution >= 0.6 is 24.8 Å². The first-order valence-corrected chi connectivity index (χ1v) is 7.71. The van der Waals surface area contributed by atoms with Gasteiger partial charge in [0.15, 0.2) is 0 Å². The molecule has 0 aromatic carbocycles. The number of piperazine rings is 1. The summed E-state index contributed by atoms with van der Waals surface area (Å²) in [6, 6.07) is 0. The molecule has 0 bridgehead atoms. The number of nitrogens with one attached hydrogen (secondary N) is 1. The van der Waals surface area contributed by atoms with Gasteiger partial charge in [0.05, 0.1) is 19.8 Å². The predicted octanol–water partition coefficient (Wildman–Crippen LogP) is -0.557. The molecule has 9 heteroatoms. The number of morpholine rings is 1. The third kappa shape index (κ3) is 7.22. The zero-order chi connectivity index (χ0) is 15.1. The van der Waals surface area contributed by atoms with Crippen LogP contribution in [0.2, 0.25) is 0 Å². The van der Waals surface area contributed by atoms with Gasteiger partial charge < -0.3 is 19.9 Å². The molecule has 0 atom stereocenters. The lowest BCUT2D eigenvalue weighted by Crippen LogP contribution is -2.52. The van der Waals surface area contributed by atoms with Crippen LogP contribution in [0.25, 0.3) is 0 Å². The van der Waals surface area contributed by atoms with Crippen molar-refractivity contribution >= 4 is 36.6 Å². The topological polar surface area (TPSA) is 65.1 Å². The molecule has 0 aromatic heterocycles. The average Bonchev–Trinajstić information content (AvgIpc) is 2.54. The van der Waals surface area contributed by atoms with Crippen molar-refractivity contribution in [1.29, 1.82) is 0 Å². The lowest BCUT2D eigenvalue weighted by Gasteiger charge is -2.36. The highest BCUT2D eigenvalue weighted by Gasteiger charge is 2.24. The summed E-state index contributed by atoms with van der Waals surface area (Å²) >= 11 is 0. The van der Waals surface area contributed by atoms with Gasteiger partial charge in [0.25, 0.3) is 0 Å². The summed E-state index contributed by atoms with van der Waals surface area (Å²) in [6.45, 7) is 6.84. The number of halogens is 2. The fourth-order valence-corrected chi connectivity index (χ4v) is 2.65. The molecule has 0 aliphatic carbocycles. The van der Waals surface area contributed by atoms with E-state index in [1.807, 2.05) is 16.8 Å². The van der Waals surface area contributed by atoms with Gasteiger partial charge in [0.1, 0.15) is 0 Å². The Kier molecular flexibility index (Phi) is 11.6. The number of rotatable bonds is 5. The number of carbonyl (C=O) groups excluding carboxylic acids is 2. The van der Waals surface area contributed by atoms with Gasteiger partial charge in [-0.1, -0.05) is 0 Å². The van der Waals surface area contributed by atoms with Crippen molar-refractivity contribution in [3.8, 4) is 0 Å². The van der Waals surface area contributed by atoms with E-state index in [9.17, 15) is 9.59 Å². The average molecular weight is 371 g/mol. The summed E-state index contributed by atoms with van der Waals surface area (Å²) < 4.78 is 5.26. The van der Waals surface area contributed by atoms with Crippen LogP contribution in [0.5, 0.6) is 0 Å².